The number of rotatable bonds is 7. The number of hydrogen-bond donors (Lipinski definition) is 0. The molecule has 1 rings (SSSR count). The van der Waals surface area contributed by atoms with Gasteiger partial charge in [-0.05, 0) is 39.7 Å². The lowest BCUT2D eigenvalue weighted by molar-refractivity contribution is -0.118. The van der Waals surface area contributed by atoms with Crippen LogP contribution in [0, 0.1) is 0 Å². The smallest absolute Gasteiger partial charge is 0.131 e. The van der Waals surface area contributed by atoms with Crippen LogP contribution >= 0.6 is 0 Å². The first-order valence-electron chi connectivity index (χ1n) is 5.90. The molecule has 14 heavy (non-hydrogen) atoms. The van der Waals surface area contributed by atoms with E-state index in [0.29, 0.717) is 11.8 Å². The minimum atomic E-state index is 0.319. The molecule has 82 valence electrons. The van der Waals surface area contributed by atoms with E-state index in [-0.39, 0.29) is 0 Å². The summed E-state index contributed by atoms with van der Waals surface area (Å²) < 4.78 is 0. The van der Waals surface area contributed by atoms with Crippen LogP contribution in [0.3, 0.4) is 0 Å². The summed E-state index contributed by atoms with van der Waals surface area (Å²) in [5.74, 6) is 0.319. The zero-order chi connectivity index (χ0) is 10.6. The lowest BCUT2D eigenvalue weighted by atomic mass is 10.1. The first-order valence-corrected chi connectivity index (χ1v) is 5.90. The molecule has 0 radical (unpaired) electrons. The number of carbonyl (C=O) groups excluding carboxylic acids is 1. The van der Waals surface area contributed by atoms with Crippen LogP contribution in [0.5, 0.6) is 0 Å². The Bertz CT molecular complexity index is 187. The SMILES string of the molecule is CCCCN(C(C)CC(C)=O)C1CC1. The Labute approximate surface area is 87.7 Å². The number of hydrogen-bond acceptors (Lipinski definition) is 2. The summed E-state index contributed by atoms with van der Waals surface area (Å²) >= 11 is 0. The fraction of sp³-hybridized carbons (Fsp3) is 0.917. The van der Waals surface area contributed by atoms with E-state index in [1.807, 2.05) is 0 Å². The van der Waals surface area contributed by atoms with Gasteiger partial charge in [0.25, 0.3) is 0 Å². The van der Waals surface area contributed by atoms with Crippen molar-refractivity contribution < 1.29 is 4.79 Å². The van der Waals surface area contributed by atoms with Crippen LogP contribution in [-0.4, -0.2) is 29.3 Å². The van der Waals surface area contributed by atoms with Gasteiger partial charge in [-0.1, -0.05) is 13.3 Å². The van der Waals surface area contributed by atoms with Gasteiger partial charge in [0.2, 0.25) is 0 Å². The molecule has 1 atom stereocenters. The molecule has 0 N–H and O–H groups in total. The van der Waals surface area contributed by atoms with E-state index < -0.39 is 0 Å². The second-order valence-electron chi connectivity index (χ2n) is 4.58. The third-order valence-corrected chi connectivity index (χ3v) is 2.93. The second-order valence-corrected chi connectivity index (χ2v) is 4.58. The van der Waals surface area contributed by atoms with E-state index in [9.17, 15) is 4.79 Å². The van der Waals surface area contributed by atoms with Crippen molar-refractivity contribution >= 4 is 5.78 Å². The Morgan fingerprint density at radius 1 is 1.50 bits per heavy atom. The molecule has 1 fully saturated rings. The van der Waals surface area contributed by atoms with Gasteiger partial charge in [-0.15, -0.1) is 0 Å². The van der Waals surface area contributed by atoms with Crippen LogP contribution in [0.2, 0.25) is 0 Å². The second kappa shape index (κ2) is 5.50. The topological polar surface area (TPSA) is 20.3 Å². The molecule has 1 aliphatic carbocycles. The molecule has 2 nitrogen and oxygen atoms in total. The molecular weight excluding hydrogens is 174 g/mol. The first-order chi connectivity index (χ1) is 6.65. The molecule has 2 heteroatoms. The van der Waals surface area contributed by atoms with Crippen molar-refractivity contribution in [1.29, 1.82) is 0 Å². The van der Waals surface area contributed by atoms with E-state index in [0.717, 1.165) is 12.5 Å². The van der Waals surface area contributed by atoms with Crippen LogP contribution in [0.25, 0.3) is 0 Å². The fourth-order valence-electron chi connectivity index (χ4n) is 2.04. The molecule has 0 spiro atoms. The summed E-state index contributed by atoms with van der Waals surface area (Å²) in [4.78, 5) is 13.6. The van der Waals surface area contributed by atoms with Crippen molar-refractivity contribution in [3.05, 3.63) is 0 Å². The molecule has 0 aromatic heterocycles. The lowest BCUT2D eigenvalue weighted by Gasteiger charge is -2.28. The highest BCUT2D eigenvalue weighted by molar-refractivity contribution is 5.76. The minimum absolute atomic E-state index is 0.319. The largest absolute Gasteiger partial charge is 0.300 e. The van der Waals surface area contributed by atoms with E-state index >= 15 is 0 Å². The van der Waals surface area contributed by atoms with Gasteiger partial charge in [0.15, 0.2) is 0 Å². The number of unbranched alkanes of at least 4 members (excludes halogenated alkanes) is 1. The lowest BCUT2D eigenvalue weighted by Crippen LogP contribution is -2.37. The van der Waals surface area contributed by atoms with Crippen molar-refractivity contribution in [1.82, 2.24) is 4.90 Å². The summed E-state index contributed by atoms with van der Waals surface area (Å²) in [7, 11) is 0. The Balaban J connectivity index is 2.35. The van der Waals surface area contributed by atoms with Crippen molar-refractivity contribution in [2.75, 3.05) is 6.54 Å². The number of ketones is 1. The van der Waals surface area contributed by atoms with Gasteiger partial charge >= 0.3 is 0 Å². The Hall–Kier alpha value is -0.370. The van der Waals surface area contributed by atoms with Gasteiger partial charge in [0.1, 0.15) is 5.78 Å². The summed E-state index contributed by atoms with van der Waals surface area (Å²) in [5, 5.41) is 0. The average molecular weight is 197 g/mol. The van der Waals surface area contributed by atoms with Crippen LogP contribution in [-0.2, 0) is 4.79 Å². The molecule has 0 heterocycles. The Kier molecular flexibility index (Phi) is 4.59. The highest BCUT2D eigenvalue weighted by Crippen LogP contribution is 2.29. The maximum Gasteiger partial charge on any atom is 0.131 e. The van der Waals surface area contributed by atoms with E-state index in [2.05, 4.69) is 18.7 Å². The summed E-state index contributed by atoms with van der Waals surface area (Å²) in [6.45, 7) is 7.28. The number of Topliss-reactive ketones (excluding diaryl/α,β-unsaturated/α-hetero) is 1. The molecule has 0 amide bonds. The maximum absolute atomic E-state index is 11.0. The highest BCUT2D eigenvalue weighted by atomic mass is 16.1. The van der Waals surface area contributed by atoms with Crippen molar-refractivity contribution in [3.8, 4) is 0 Å². The highest BCUT2D eigenvalue weighted by Gasteiger charge is 2.31. The number of carbonyl (C=O) groups is 1. The Morgan fingerprint density at radius 3 is 2.57 bits per heavy atom. The molecule has 0 aliphatic heterocycles. The van der Waals surface area contributed by atoms with E-state index in [1.54, 1.807) is 6.92 Å². The maximum atomic E-state index is 11.0. The summed E-state index contributed by atoms with van der Waals surface area (Å²) in [5.41, 5.74) is 0. The summed E-state index contributed by atoms with van der Waals surface area (Å²) in [6.07, 6.45) is 5.91. The fourth-order valence-corrected chi connectivity index (χ4v) is 2.04. The van der Waals surface area contributed by atoms with Gasteiger partial charge in [0, 0.05) is 18.5 Å². The molecule has 1 aliphatic rings. The van der Waals surface area contributed by atoms with Gasteiger partial charge in [-0.2, -0.15) is 0 Å². The molecule has 1 unspecified atom stereocenters. The summed E-state index contributed by atoms with van der Waals surface area (Å²) in [6, 6.07) is 1.24. The Morgan fingerprint density at radius 2 is 2.14 bits per heavy atom. The number of nitrogens with zero attached hydrogens (tertiary/aromatic N) is 1. The van der Waals surface area contributed by atoms with Crippen molar-refractivity contribution in [2.45, 2.75) is 65.0 Å². The predicted molar refractivity (Wildman–Crippen MR) is 59.4 cm³/mol. The molecule has 0 aromatic carbocycles. The van der Waals surface area contributed by atoms with Gasteiger partial charge in [0.05, 0.1) is 0 Å². The molecule has 1 saturated carbocycles. The standard InChI is InChI=1S/C12H23NO/c1-4-5-8-13(12-6-7-12)10(2)9-11(3)14/h10,12H,4-9H2,1-3H3. The quantitative estimate of drug-likeness (QED) is 0.625. The predicted octanol–water partition coefficient (Wildman–Crippen LogP) is 2.62. The molecule has 0 bridgehead atoms. The van der Waals surface area contributed by atoms with Crippen LogP contribution < -0.4 is 0 Å². The molecule has 0 saturated heterocycles. The van der Waals surface area contributed by atoms with E-state index in [1.165, 1.54) is 32.2 Å². The zero-order valence-corrected chi connectivity index (χ0v) is 9.75. The van der Waals surface area contributed by atoms with Crippen LogP contribution in [0.4, 0.5) is 0 Å². The van der Waals surface area contributed by atoms with Crippen LogP contribution in [0.15, 0.2) is 0 Å². The third-order valence-electron chi connectivity index (χ3n) is 2.93. The first kappa shape index (κ1) is 11.7. The van der Waals surface area contributed by atoms with Crippen molar-refractivity contribution in [2.24, 2.45) is 0 Å². The zero-order valence-electron chi connectivity index (χ0n) is 9.75. The monoisotopic (exact) mass is 197 g/mol. The average Bonchev–Trinajstić information content (AvgIpc) is 2.87. The van der Waals surface area contributed by atoms with E-state index in [4.69, 9.17) is 0 Å². The normalized spacial score (nSPS) is 18.6. The van der Waals surface area contributed by atoms with Crippen LogP contribution in [0.1, 0.15) is 52.9 Å². The van der Waals surface area contributed by atoms with Gasteiger partial charge in [-0.25, -0.2) is 0 Å². The van der Waals surface area contributed by atoms with Gasteiger partial charge in [-0.3, -0.25) is 9.69 Å². The third kappa shape index (κ3) is 3.79. The molecule has 0 aromatic rings. The van der Waals surface area contributed by atoms with Crippen molar-refractivity contribution in [3.63, 3.8) is 0 Å². The van der Waals surface area contributed by atoms with Gasteiger partial charge < -0.3 is 0 Å². The minimum Gasteiger partial charge on any atom is -0.300 e. The molecular formula is C12H23NO.